The van der Waals surface area contributed by atoms with Crippen LogP contribution in [0.15, 0.2) is 0 Å². The molecule has 0 unspecified atom stereocenters. The lowest BCUT2D eigenvalue weighted by Crippen LogP contribution is -2.76. The average Bonchev–Trinajstić information content (AvgIpc) is 2.82. The van der Waals surface area contributed by atoms with Crippen molar-refractivity contribution in [2.24, 2.45) is 0 Å². The van der Waals surface area contributed by atoms with Gasteiger partial charge in [-0.15, -0.1) is 0 Å². The van der Waals surface area contributed by atoms with Crippen LogP contribution >= 0.6 is 0 Å². The third-order valence-corrected chi connectivity index (χ3v) is 6.71. The zero-order chi connectivity index (χ0) is 35.3. The molecule has 0 saturated carbocycles. The van der Waals surface area contributed by atoms with Crippen molar-refractivity contribution in [3.8, 4) is 0 Å². The number of quaternary nitrogens is 1. The lowest BCUT2D eigenvalue weighted by molar-refractivity contribution is -0.882. The summed E-state index contributed by atoms with van der Waals surface area (Å²) < 4.78 is 226. The van der Waals surface area contributed by atoms with Crippen molar-refractivity contribution in [1.82, 2.24) is 5.32 Å². The molecule has 0 aliphatic carbocycles. The molecule has 20 heteroatoms. The number of nitrogens with one attached hydrogen (secondary N) is 1. The molecule has 44 heavy (non-hydrogen) atoms. The number of hydrogen-bond acceptors (Lipinski definition) is 1. The maximum absolute atomic E-state index is 14.0. The van der Waals surface area contributed by atoms with E-state index in [1.54, 1.807) is 0 Å². The van der Waals surface area contributed by atoms with Gasteiger partial charge >= 0.3 is 47.8 Å². The molecular formula is C24H34F17N2O+. The highest BCUT2D eigenvalue weighted by atomic mass is 19.4. The Hall–Kier alpha value is -1.76. The van der Waals surface area contributed by atoms with Gasteiger partial charge in [-0.25, -0.2) is 0 Å². The number of hydrogen-bond donors (Lipinski definition) is 1. The van der Waals surface area contributed by atoms with Gasteiger partial charge in [-0.2, -0.15) is 74.6 Å². The van der Waals surface area contributed by atoms with Crippen molar-refractivity contribution in [1.29, 1.82) is 0 Å². The highest BCUT2D eigenvalue weighted by molar-refractivity contribution is 5.77. The maximum atomic E-state index is 14.0. The third-order valence-electron chi connectivity index (χ3n) is 6.71. The lowest BCUT2D eigenvalue weighted by atomic mass is 9.90. The van der Waals surface area contributed by atoms with Crippen LogP contribution in [0.5, 0.6) is 0 Å². The highest BCUT2D eigenvalue weighted by Gasteiger charge is 2.95. The lowest BCUT2D eigenvalue weighted by Gasteiger charge is -2.42. The van der Waals surface area contributed by atoms with E-state index in [4.69, 9.17) is 0 Å². The SMILES string of the molecule is CCCCCCCCCCCC[N+](C)(C)CC(=O)NC(F)(F)C(F)(F)C(F)(F)C(F)(F)C(F)(F)C(F)(F)C(F)(F)C(F)(F)F. The smallest absolute Gasteiger partial charge is 0.321 e. The summed E-state index contributed by atoms with van der Waals surface area (Å²) in [6.07, 6.45) is 0.960. The second kappa shape index (κ2) is 14.3. The number of nitrogens with zero attached hydrogens (tertiary/aromatic N) is 1. The van der Waals surface area contributed by atoms with Gasteiger partial charge in [-0.05, 0) is 12.8 Å². The van der Waals surface area contributed by atoms with Crippen molar-refractivity contribution >= 4 is 5.91 Å². The van der Waals surface area contributed by atoms with Crippen molar-refractivity contribution in [2.45, 2.75) is 119 Å². The maximum Gasteiger partial charge on any atom is 0.460 e. The quantitative estimate of drug-likeness (QED) is 0.0588. The average molecular weight is 690 g/mol. The van der Waals surface area contributed by atoms with E-state index in [2.05, 4.69) is 6.92 Å². The first-order chi connectivity index (χ1) is 19.4. The van der Waals surface area contributed by atoms with Crippen LogP contribution in [0.1, 0.15) is 71.1 Å². The molecule has 1 amide bonds. The Morgan fingerprint density at radius 2 is 0.818 bits per heavy atom. The van der Waals surface area contributed by atoms with Crippen LogP contribution in [0.25, 0.3) is 0 Å². The summed E-state index contributed by atoms with van der Waals surface area (Å²) in [5.74, 6) is -52.8. The Bertz CT molecular complexity index is 917. The van der Waals surface area contributed by atoms with Gasteiger partial charge in [0.05, 0.1) is 20.6 Å². The van der Waals surface area contributed by atoms with Crippen LogP contribution in [0.2, 0.25) is 0 Å². The molecule has 0 heterocycles. The predicted molar refractivity (Wildman–Crippen MR) is 123 cm³/mol. The minimum Gasteiger partial charge on any atom is -0.321 e. The predicted octanol–water partition coefficient (Wildman–Crippen LogP) is 9.07. The van der Waals surface area contributed by atoms with Gasteiger partial charge < -0.3 is 4.48 Å². The number of halogens is 17. The first-order valence-corrected chi connectivity index (χ1v) is 13.3. The summed E-state index contributed by atoms with van der Waals surface area (Å²) in [6.45, 7) is 0.856. The molecule has 0 rings (SSSR count). The second-order valence-corrected chi connectivity index (χ2v) is 11.1. The van der Waals surface area contributed by atoms with Gasteiger partial charge in [0.2, 0.25) is 0 Å². The Morgan fingerprint density at radius 3 is 1.18 bits per heavy atom. The molecule has 0 fully saturated rings. The number of carbonyl (C=O) groups excluding carboxylic acids is 1. The molecular weight excluding hydrogens is 655 g/mol. The van der Waals surface area contributed by atoms with Gasteiger partial charge in [0.25, 0.3) is 5.91 Å². The largest absolute Gasteiger partial charge is 0.460 e. The van der Waals surface area contributed by atoms with Gasteiger partial charge in [0.1, 0.15) is 0 Å². The van der Waals surface area contributed by atoms with E-state index in [9.17, 15) is 79.4 Å². The number of likely N-dealkylation sites (N-methyl/N-ethyl adjacent to an activating group) is 1. The molecule has 0 atom stereocenters. The van der Waals surface area contributed by atoms with Gasteiger partial charge in [-0.3, -0.25) is 10.1 Å². The standard InChI is InChI=1S/C24H33F17N2O/c1-4-5-6-7-8-9-10-11-12-13-14-43(2,3)15-16(44)42-24(40,41)22(35,36)20(31,32)18(27,28)17(25,26)19(29,30)21(33,34)23(37,38)39/h4-15H2,1-3H3/p+1. The van der Waals surface area contributed by atoms with E-state index in [1.807, 2.05) is 0 Å². The van der Waals surface area contributed by atoms with E-state index < -0.39 is 64.7 Å². The molecule has 0 aliphatic rings. The number of amides is 1. The summed E-state index contributed by atoms with van der Waals surface area (Å²) in [4.78, 5) is 11.9. The van der Waals surface area contributed by atoms with Crippen LogP contribution in [-0.4, -0.2) is 85.3 Å². The number of carbonyl (C=O) groups is 1. The monoisotopic (exact) mass is 689 g/mol. The number of alkyl halides is 17. The highest BCUT2D eigenvalue weighted by Crippen LogP contribution is 2.63. The van der Waals surface area contributed by atoms with E-state index in [0.29, 0.717) is 12.8 Å². The van der Waals surface area contributed by atoms with E-state index in [-0.39, 0.29) is 11.9 Å². The molecule has 0 bridgehead atoms. The molecule has 1 N–H and O–H groups in total. The summed E-state index contributed by atoms with van der Waals surface area (Å²) in [5, 5.41) is -0.0970. The molecule has 3 nitrogen and oxygen atoms in total. The van der Waals surface area contributed by atoms with Crippen LogP contribution < -0.4 is 5.32 Å². The Kier molecular flexibility index (Phi) is 13.8. The fraction of sp³-hybridized carbons (Fsp3) is 0.958. The first-order valence-electron chi connectivity index (χ1n) is 13.3. The number of unbranched alkanes of at least 4 members (excludes halogenated alkanes) is 9. The first kappa shape index (κ1) is 42.2. The zero-order valence-corrected chi connectivity index (χ0v) is 23.8. The fourth-order valence-electron chi connectivity index (χ4n) is 3.95. The Morgan fingerprint density at radius 1 is 0.500 bits per heavy atom. The zero-order valence-electron chi connectivity index (χ0n) is 23.8. The Labute approximate surface area is 242 Å². The van der Waals surface area contributed by atoms with Crippen LogP contribution in [0.4, 0.5) is 74.6 Å². The van der Waals surface area contributed by atoms with Crippen molar-refractivity contribution < 1.29 is 83.9 Å². The molecule has 0 aromatic rings. The minimum absolute atomic E-state index is 0.00877. The summed E-state index contributed by atoms with van der Waals surface area (Å²) in [7, 11) is 2.35. The summed E-state index contributed by atoms with van der Waals surface area (Å²) >= 11 is 0. The fourth-order valence-corrected chi connectivity index (χ4v) is 3.95. The molecule has 0 saturated heterocycles. The van der Waals surface area contributed by atoms with E-state index >= 15 is 0 Å². The van der Waals surface area contributed by atoms with Crippen LogP contribution in [0, 0.1) is 0 Å². The Balaban J connectivity index is 5.58. The number of rotatable bonds is 20. The molecule has 0 aromatic carbocycles. The van der Waals surface area contributed by atoms with Crippen LogP contribution in [-0.2, 0) is 4.79 Å². The van der Waals surface area contributed by atoms with Crippen molar-refractivity contribution in [3.63, 3.8) is 0 Å². The second-order valence-electron chi connectivity index (χ2n) is 11.1. The van der Waals surface area contributed by atoms with E-state index in [1.165, 1.54) is 14.1 Å². The molecule has 264 valence electrons. The normalized spacial score (nSPS) is 15.1. The van der Waals surface area contributed by atoms with Gasteiger partial charge in [0.15, 0.2) is 6.54 Å². The summed E-state index contributed by atoms with van der Waals surface area (Å²) in [6, 6.07) is -6.94. The molecule has 0 aromatic heterocycles. The minimum atomic E-state index is -8.71. The van der Waals surface area contributed by atoms with Crippen molar-refractivity contribution in [2.75, 3.05) is 27.2 Å². The van der Waals surface area contributed by atoms with E-state index in [0.717, 1.165) is 51.4 Å². The molecule has 0 radical (unpaired) electrons. The molecule has 0 spiro atoms. The topological polar surface area (TPSA) is 29.1 Å². The summed E-state index contributed by atoms with van der Waals surface area (Å²) in [5.41, 5.74) is 0. The molecule has 0 aliphatic heterocycles. The third kappa shape index (κ3) is 8.73. The van der Waals surface area contributed by atoms with Gasteiger partial charge in [0, 0.05) is 0 Å². The van der Waals surface area contributed by atoms with Crippen LogP contribution in [0.3, 0.4) is 0 Å². The van der Waals surface area contributed by atoms with Gasteiger partial charge in [-0.1, -0.05) is 58.3 Å². The van der Waals surface area contributed by atoms with Crippen molar-refractivity contribution in [3.05, 3.63) is 0 Å².